The van der Waals surface area contributed by atoms with Crippen LogP contribution < -0.4 is 5.73 Å². The second kappa shape index (κ2) is 3.53. The molecule has 16 heavy (non-hydrogen) atoms. The van der Waals surface area contributed by atoms with Crippen molar-refractivity contribution in [1.29, 1.82) is 0 Å². The molecular weight excluding hydrogens is 208 g/mol. The SMILES string of the molecule is NC(CN1C(=O)C2CCC(O2)C1=O)C1CC1. The van der Waals surface area contributed by atoms with Gasteiger partial charge in [0.05, 0.1) is 0 Å². The Bertz CT molecular complexity index is 318. The first-order chi connectivity index (χ1) is 7.66. The number of hydrogen-bond donors (Lipinski definition) is 1. The molecule has 1 saturated carbocycles. The lowest BCUT2D eigenvalue weighted by molar-refractivity contribution is -0.168. The fraction of sp³-hybridized carbons (Fsp3) is 0.818. The van der Waals surface area contributed by atoms with Crippen LogP contribution in [0.5, 0.6) is 0 Å². The van der Waals surface area contributed by atoms with E-state index in [1.807, 2.05) is 0 Å². The highest BCUT2D eigenvalue weighted by Gasteiger charge is 2.47. The average Bonchev–Trinajstić information content (AvgIpc) is 3.01. The number of fused-ring (bicyclic) bond motifs is 2. The second-order valence-electron chi connectivity index (χ2n) is 4.98. The number of rotatable bonds is 3. The normalized spacial score (nSPS) is 35.7. The van der Waals surface area contributed by atoms with E-state index in [1.54, 1.807) is 0 Å². The van der Waals surface area contributed by atoms with Gasteiger partial charge in [0.25, 0.3) is 11.8 Å². The first-order valence-electron chi connectivity index (χ1n) is 5.93. The van der Waals surface area contributed by atoms with Crippen LogP contribution in [-0.2, 0) is 14.3 Å². The summed E-state index contributed by atoms with van der Waals surface area (Å²) in [7, 11) is 0. The molecule has 1 aliphatic carbocycles. The van der Waals surface area contributed by atoms with E-state index < -0.39 is 12.2 Å². The highest BCUT2D eigenvalue weighted by Crippen LogP contribution is 2.33. The smallest absolute Gasteiger partial charge is 0.258 e. The lowest BCUT2D eigenvalue weighted by atomic mass is 10.1. The zero-order valence-corrected chi connectivity index (χ0v) is 9.09. The number of imide groups is 1. The predicted octanol–water partition coefficient (Wildman–Crippen LogP) is -0.360. The number of ether oxygens (including phenoxy) is 1. The summed E-state index contributed by atoms with van der Waals surface area (Å²) in [4.78, 5) is 25.1. The molecule has 5 heteroatoms. The Labute approximate surface area is 93.9 Å². The molecule has 0 spiro atoms. The summed E-state index contributed by atoms with van der Waals surface area (Å²) in [5.74, 6) is 0.130. The van der Waals surface area contributed by atoms with Crippen LogP contribution in [0.15, 0.2) is 0 Å². The molecule has 3 rings (SSSR count). The molecule has 2 amide bonds. The molecule has 3 fully saturated rings. The molecular formula is C11H16N2O3. The number of nitrogens with zero attached hydrogens (tertiary/aromatic N) is 1. The monoisotopic (exact) mass is 224 g/mol. The number of hydrogen-bond acceptors (Lipinski definition) is 4. The van der Waals surface area contributed by atoms with Crippen molar-refractivity contribution in [2.24, 2.45) is 11.7 Å². The van der Waals surface area contributed by atoms with Crippen molar-refractivity contribution in [3.05, 3.63) is 0 Å². The van der Waals surface area contributed by atoms with Crippen molar-refractivity contribution in [2.75, 3.05) is 6.54 Å². The van der Waals surface area contributed by atoms with Gasteiger partial charge in [-0.2, -0.15) is 0 Å². The Balaban J connectivity index is 1.72. The number of carbonyl (C=O) groups is 2. The fourth-order valence-electron chi connectivity index (χ4n) is 2.52. The summed E-state index contributed by atoms with van der Waals surface area (Å²) >= 11 is 0. The summed E-state index contributed by atoms with van der Waals surface area (Å²) in [5, 5.41) is 0. The molecule has 3 aliphatic rings. The van der Waals surface area contributed by atoms with Gasteiger partial charge in [-0.3, -0.25) is 14.5 Å². The lowest BCUT2D eigenvalue weighted by Crippen LogP contribution is -2.55. The molecule has 3 atom stereocenters. The zero-order chi connectivity index (χ0) is 11.3. The topological polar surface area (TPSA) is 72.6 Å². The fourth-order valence-corrected chi connectivity index (χ4v) is 2.52. The molecule has 0 aromatic heterocycles. The predicted molar refractivity (Wildman–Crippen MR) is 55.3 cm³/mol. The molecule has 2 bridgehead atoms. The van der Waals surface area contributed by atoms with Crippen LogP contribution in [0.25, 0.3) is 0 Å². The minimum Gasteiger partial charge on any atom is -0.355 e. The standard InChI is InChI=1S/C11H16N2O3/c12-7(6-1-2-6)5-13-10(14)8-3-4-9(16-8)11(13)15/h6-9H,1-5,12H2. The van der Waals surface area contributed by atoms with Crippen LogP contribution in [0.2, 0.25) is 0 Å². The van der Waals surface area contributed by atoms with E-state index in [4.69, 9.17) is 10.5 Å². The summed E-state index contributed by atoms with van der Waals surface area (Å²) in [6, 6.07) is -0.0506. The van der Waals surface area contributed by atoms with Gasteiger partial charge in [-0.05, 0) is 31.6 Å². The Hall–Kier alpha value is -0.940. The van der Waals surface area contributed by atoms with Gasteiger partial charge in [0.15, 0.2) is 0 Å². The Morgan fingerprint density at radius 1 is 1.19 bits per heavy atom. The number of morpholine rings is 1. The third-order valence-corrected chi connectivity index (χ3v) is 3.72. The molecule has 2 heterocycles. The third-order valence-electron chi connectivity index (χ3n) is 3.72. The van der Waals surface area contributed by atoms with Gasteiger partial charge in [-0.1, -0.05) is 0 Å². The zero-order valence-electron chi connectivity index (χ0n) is 9.09. The van der Waals surface area contributed by atoms with Gasteiger partial charge in [0, 0.05) is 12.6 Å². The molecule has 2 aliphatic heterocycles. The number of nitrogens with two attached hydrogens (primary N) is 1. The van der Waals surface area contributed by atoms with Crippen molar-refractivity contribution >= 4 is 11.8 Å². The number of likely N-dealkylation sites (tertiary alicyclic amines) is 1. The van der Waals surface area contributed by atoms with E-state index in [-0.39, 0.29) is 17.9 Å². The van der Waals surface area contributed by atoms with Gasteiger partial charge < -0.3 is 10.5 Å². The molecule has 0 radical (unpaired) electrons. The summed E-state index contributed by atoms with van der Waals surface area (Å²) in [5.41, 5.74) is 5.96. The molecule has 2 saturated heterocycles. The van der Waals surface area contributed by atoms with Crippen molar-refractivity contribution in [3.8, 4) is 0 Å². The van der Waals surface area contributed by atoms with E-state index in [1.165, 1.54) is 4.90 Å². The first kappa shape index (κ1) is 10.2. The summed E-state index contributed by atoms with van der Waals surface area (Å²) in [6.45, 7) is 0.374. The van der Waals surface area contributed by atoms with Gasteiger partial charge >= 0.3 is 0 Å². The van der Waals surface area contributed by atoms with Crippen LogP contribution in [0, 0.1) is 5.92 Å². The second-order valence-corrected chi connectivity index (χ2v) is 4.98. The molecule has 0 aromatic rings. The van der Waals surface area contributed by atoms with Gasteiger partial charge in [0.2, 0.25) is 0 Å². The van der Waals surface area contributed by atoms with Crippen LogP contribution in [0.3, 0.4) is 0 Å². The molecule has 3 unspecified atom stereocenters. The summed E-state index contributed by atoms with van der Waals surface area (Å²) < 4.78 is 5.33. The third kappa shape index (κ3) is 1.55. The van der Waals surface area contributed by atoms with E-state index >= 15 is 0 Å². The minimum atomic E-state index is -0.394. The van der Waals surface area contributed by atoms with Crippen LogP contribution in [0.1, 0.15) is 25.7 Å². The van der Waals surface area contributed by atoms with E-state index in [9.17, 15) is 9.59 Å². The average molecular weight is 224 g/mol. The highest BCUT2D eigenvalue weighted by atomic mass is 16.5. The largest absolute Gasteiger partial charge is 0.355 e. The van der Waals surface area contributed by atoms with E-state index in [0.717, 1.165) is 12.8 Å². The van der Waals surface area contributed by atoms with Crippen LogP contribution in [0.4, 0.5) is 0 Å². The quantitative estimate of drug-likeness (QED) is 0.664. The van der Waals surface area contributed by atoms with E-state index in [0.29, 0.717) is 25.3 Å². The molecule has 0 aromatic carbocycles. The minimum absolute atomic E-state index is 0.0506. The highest BCUT2D eigenvalue weighted by molar-refractivity contribution is 6.02. The molecule has 5 nitrogen and oxygen atoms in total. The van der Waals surface area contributed by atoms with Crippen molar-refractivity contribution in [1.82, 2.24) is 4.90 Å². The van der Waals surface area contributed by atoms with Gasteiger partial charge in [-0.15, -0.1) is 0 Å². The maximum Gasteiger partial charge on any atom is 0.258 e. The summed E-state index contributed by atoms with van der Waals surface area (Å²) in [6.07, 6.45) is 2.80. The van der Waals surface area contributed by atoms with Crippen molar-refractivity contribution in [2.45, 2.75) is 43.9 Å². The molecule has 2 N–H and O–H groups in total. The van der Waals surface area contributed by atoms with Crippen LogP contribution in [-0.4, -0.2) is 41.5 Å². The first-order valence-corrected chi connectivity index (χ1v) is 5.93. The van der Waals surface area contributed by atoms with Gasteiger partial charge in [-0.25, -0.2) is 0 Å². The lowest BCUT2D eigenvalue weighted by Gasteiger charge is -2.31. The Morgan fingerprint density at radius 3 is 2.25 bits per heavy atom. The maximum atomic E-state index is 11.9. The Kier molecular flexibility index (Phi) is 2.26. The van der Waals surface area contributed by atoms with Crippen LogP contribution >= 0.6 is 0 Å². The molecule has 88 valence electrons. The Morgan fingerprint density at radius 2 is 1.75 bits per heavy atom. The van der Waals surface area contributed by atoms with Crippen molar-refractivity contribution < 1.29 is 14.3 Å². The number of carbonyl (C=O) groups excluding carboxylic acids is 2. The van der Waals surface area contributed by atoms with Gasteiger partial charge in [0.1, 0.15) is 12.2 Å². The van der Waals surface area contributed by atoms with E-state index in [2.05, 4.69) is 0 Å². The number of amides is 2. The van der Waals surface area contributed by atoms with Crippen molar-refractivity contribution in [3.63, 3.8) is 0 Å². The maximum absolute atomic E-state index is 11.9.